The summed E-state index contributed by atoms with van der Waals surface area (Å²) in [5.41, 5.74) is 8.36. The van der Waals surface area contributed by atoms with Gasteiger partial charge in [-0.2, -0.15) is 0 Å². The van der Waals surface area contributed by atoms with Gasteiger partial charge in [-0.25, -0.2) is 0 Å². The highest BCUT2D eigenvalue weighted by molar-refractivity contribution is 5.48. The number of hydrogen-bond acceptors (Lipinski definition) is 4. The number of nitrogen functional groups attached to an aromatic ring is 1. The van der Waals surface area contributed by atoms with Gasteiger partial charge in [-0.3, -0.25) is 0 Å². The van der Waals surface area contributed by atoms with Gasteiger partial charge in [0.25, 0.3) is 0 Å². The van der Waals surface area contributed by atoms with E-state index in [2.05, 4.69) is 5.32 Å². The first-order valence-corrected chi connectivity index (χ1v) is 6.55. The highest BCUT2D eigenvalue weighted by Crippen LogP contribution is 2.26. The van der Waals surface area contributed by atoms with Crippen LogP contribution in [0.25, 0.3) is 0 Å². The lowest BCUT2D eigenvalue weighted by Gasteiger charge is -2.16. The Balaban J connectivity index is 2.00. The van der Waals surface area contributed by atoms with Crippen LogP contribution in [0.4, 0.5) is 5.69 Å². The van der Waals surface area contributed by atoms with E-state index in [1.165, 1.54) is 0 Å². The van der Waals surface area contributed by atoms with Crippen LogP contribution in [0.3, 0.4) is 0 Å². The van der Waals surface area contributed by atoms with E-state index in [4.69, 9.17) is 10.5 Å². The number of aromatic hydroxyl groups is 1. The van der Waals surface area contributed by atoms with Gasteiger partial charge in [-0.15, -0.1) is 0 Å². The predicted octanol–water partition coefficient (Wildman–Crippen LogP) is 2.83. The van der Waals surface area contributed by atoms with Gasteiger partial charge in [0.15, 0.2) is 0 Å². The standard InChI is InChI=1S/C16H20N2O2/c1-11(15-9-13(17)5-8-16(15)19)18-10-12-3-6-14(20-2)7-4-12/h3-9,11,18-19H,10,17H2,1-2H3. The third-order valence-corrected chi connectivity index (χ3v) is 3.29. The molecular weight excluding hydrogens is 252 g/mol. The SMILES string of the molecule is COc1ccc(CNC(C)c2cc(N)ccc2O)cc1. The summed E-state index contributed by atoms with van der Waals surface area (Å²) < 4.78 is 5.13. The fourth-order valence-corrected chi connectivity index (χ4v) is 2.04. The number of methoxy groups -OCH3 is 1. The highest BCUT2D eigenvalue weighted by Gasteiger charge is 2.10. The first kappa shape index (κ1) is 14.2. The second-order valence-corrected chi connectivity index (χ2v) is 4.77. The summed E-state index contributed by atoms with van der Waals surface area (Å²) in [6.07, 6.45) is 0. The number of nitrogens with two attached hydrogens (primary N) is 1. The minimum Gasteiger partial charge on any atom is -0.508 e. The summed E-state index contributed by atoms with van der Waals surface area (Å²) >= 11 is 0. The molecule has 0 fully saturated rings. The van der Waals surface area contributed by atoms with Gasteiger partial charge in [-0.05, 0) is 42.8 Å². The molecule has 2 aromatic carbocycles. The number of hydrogen-bond donors (Lipinski definition) is 3. The summed E-state index contributed by atoms with van der Waals surface area (Å²) in [5.74, 6) is 1.10. The molecule has 4 N–H and O–H groups in total. The zero-order valence-corrected chi connectivity index (χ0v) is 11.8. The van der Waals surface area contributed by atoms with Gasteiger partial charge >= 0.3 is 0 Å². The summed E-state index contributed by atoms with van der Waals surface area (Å²) in [6.45, 7) is 2.71. The predicted molar refractivity (Wildman–Crippen MR) is 80.8 cm³/mol. The maximum absolute atomic E-state index is 9.86. The van der Waals surface area contributed by atoms with Crippen LogP contribution < -0.4 is 15.8 Å². The quantitative estimate of drug-likeness (QED) is 0.578. The summed E-state index contributed by atoms with van der Waals surface area (Å²) in [6, 6.07) is 13.0. The van der Waals surface area contributed by atoms with Gasteiger partial charge in [0.2, 0.25) is 0 Å². The molecule has 2 rings (SSSR count). The number of anilines is 1. The molecule has 4 heteroatoms. The Morgan fingerprint density at radius 1 is 1.20 bits per heavy atom. The fourth-order valence-electron chi connectivity index (χ4n) is 2.04. The second-order valence-electron chi connectivity index (χ2n) is 4.77. The van der Waals surface area contributed by atoms with Crippen molar-refractivity contribution < 1.29 is 9.84 Å². The molecular formula is C16H20N2O2. The van der Waals surface area contributed by atoms with E-state index in [1.54, 1.807) is 25.3 Å². The van der Waals surface area contributed by atoms with Crippen LogP contribution in [0.5, 0.6) is 11.5 Å². The fraction of sp³-hybridized carbons (Fsp3) is 0.250. The minimum atomic E-state index is 0.0144. The van der Waals surface area contributed by atoms with E-state index >= 15 is 0 Å². The van der Waals surface area contributed by atoms with Crippen LogP contribution in [-0.4, -0.2) is 12.2 Å². The van der Waals surface area contributed by atoms with Crippen molar-refractivity contribution >= 4 is 5.69 Å². The van der Waals surface area contributed by atoms with E-state index in [0.717, 1.165) is 16.9 Å². The Kier molecular flexibility index (Phi) is 4.48. The van der Waals surface area contributed by atoms with Crippen molar-refractivity contribution in [2.45, 2.75) is 19.5 Å². The number of phenols is 1. The van der Waals surface area contributed by atoms with Crippen LogP contribution in [-0.2, 0) is 6.54 Å². The zero-order valence-electron chi connectivity index (χ0n) is 11.8. The van der Waals surface area contributed by atoms with E-state index in [9.17, 15) is 5.11 Å². The molecule has 0 aliphatic rings. The van der Waals surface area contributed by atoms with Crippen molar-refractivity contribution in [3.8, 4) is 11.5 Å². The number of benzene rings is 2. The Morgan fingerprint density at radius 3 is 2.55 bits per heavy atom. The third-order valence-electron chi connectivity index (χ3n) is 3.29. The molecule has 1 unspecified atom stereocenters. The van der Waals surface area contributed by atoms with Crippen LogP contribution >= 0.6 is 0 Å². The molecule has 2 aromatic rings. The molecule has 0 aliphatic carbocycles. The molecule has 4 nitrogen and oxygen atoms in total. The molecule has 0 aromatic heterocycles. The average molecular weight is 272 g/mol. The zero-order chi connectivity index (χ0) is 14.5. The van der Waals surface area contributed by atoms with Crippen molar-refractivity contribution in [3.63, 3.8) is 0 Å². The topological polar surface area (TPSA) is 67.5 Å². The van der Waals surface area contributed by atoms with Crippen molar-refractivity contribution in [3.05, 3.63) is 53.6 Å². The maximum atomic E-state index is 9.86. The van der Waals surface area contributed by atoms with Crippen molar-refractivity contribution in [1.29, 1.82) is 0 Å². The Morgan fingerprint density at radius 2 is 1.90 bits per heavy atom. The molecule has 0 spiro atoms. The van der Waals surface area contributed by atoms with Crippen molar-refractivity contribution in [1.82, 2.24) is 5.32 Å². The monoisotopic (exact) mass is 272 g/mol. The van der Waals surface area contributed by atoms with E-state index in [-0.39, 0.29) is 11.8 Å². The van der Waals surface area contributed by atoms with Gasteiger partial charge in [-0.1, -0.05) is 12.1 Å². The molecule has 0 amide bonds. The van der Waals surface area contributed by atoms with Gasteiger partial charge < -0.3 is 20.9 Å². The molecule has 1 atom stereocenters. The molecule has 106 valence electrons. The lowest BCUT2D eigenvalue weighted by molar-refractivity contribution is 0.414. The maximum Gasteiger partial charge on any atom is 0.120 e. The number of nitrogens with one attached hydrogen (secondary N) is 1. The van der Waals surface area contributed by atoms with Crippen molar-refractivity contribution in [2.75, 3.05) is 12.8 Å². The number of ether oxygens (including phenoxy) is 1. The third kappa shape index (κ3) is 3.42. The van der Waals surface area contributed by atoms with Crippen LogP contribution in [0.2, 0.25) is 0 Å². The molecule has 0 heterocycles. The summed E-state index contributed by atoms with van der Waals surface area (Å²) in [5, 5.41) is 13.2. The Bertz CT molecular complexity index is 567. The lowest BCUT2D eigenvalue weighted by Crippen LogP contribution is -2.18. The van der Waals surface area contributed by atoms with E-state index in [1.807, 2.05) is 31.2 Å². The van der Waals surface area contributed by atoms with Crippen LogP contribution in [0.1, 0.15) is 24.1 Å². The van der Waals surface area contributed by atoms with Crippen LogP contribution in [0.15, 0.2) is 42.5 Å². The number of phenolic OH excluding ortho intramolecular Hbond substituents is 1. The molecule has 0 radical (unpaired) electrons. The Hall–Kier alpha value is -2.20. The lowest BCUT2D eigenvalue weighted by atomic mass is 10.1. The van der Waals surface area contributed by atoms with Crippen LogP contribution in [0, 0.1) is 0 Å². The van der Waals surface area contributed by atoms with Gasteiger partial charge in [0.1, 0.15) is 11.5 Å². The average Bonchev–Trinajstić information content (AvgIpc) is 2.47. The largest absolute Gasteiger partial charge is 0.508 e. The summed E-state index contributed by atoms with van der Waals surface area (Å²) in [7, 11) is 1.65. The Labute approximate surface area is 119 Å². The number of rotatable bonds is 5. The first-order valence-electron chi connectivity index (χ1n) is 6.55. The molecule has 0 saturated carbocycles. The molecule has 0 aliphatic heterocycles. The first-order chi connectivity index (χ1) is 9.60. The summed E-state index contributed by atoms with van der Waals surface area (Å²) in [4.78, 5) is 0. The van der Waals surface area contributed by atoms with Gasteiger partial charge in [0.05, 0.1) is 7.11 Å². The van der Waals surface area contributed by atoms with E-state index in [0.29, 0.717) is 12.2 Å². The van der Waals surface area contributed by atoms with Crippen molar-refractivity contribution in [2.24, 2.45) is 0 Å². The van der Waals surface area contributed by atoms with E-state index < -0.39 is 0 Å². The normalized spacial score (nSPS) is 12.1. The molecule has 0 bridgehead atoms. The highest BCUT2D eigenvalue weighted by atomic mass is 16.5. The minimum absolute atomic E-state index is 0.0144. The molecule has 20 heavy (non-hydrogen) atoms. The molecule has 0 saturated heterocycles. The smallest absolute Gasteiger partial charge is 0.120 e. The van der Waals surface area contributed by atoms with Gasteiger partial charge in [0, 0.05) is 23.8 Å². The second kappa shape index (κ2) is 6.30.